The minimum Gasteiger partial charge on any atom is -0.482 e. The molecule has 4 nitrogen and oxygen atoms in total. The summed E-state index contributed by atoms with van der Waals surface area (Å²) in [5, 5.41) is 8.10. The zero-order valence-corrected chi connectivity index (χ0v) is 16.4. The maximum atomic E-state index is 13.5. The normalized spacial score (nSPS) is 12.7. The van der Waals surface area contributed by atoms with E-state index in [0.29, 0.717) is 16.3 Å². The Labute approximate surface area is 164 Å². The van der Waals surface area contributed by atoms with Crippen molar-refractivity contribution in [3.8, 4) is 5.75 Å². The fourth-order valence-corrected chi connectivity index (χ4v) is 2.97. The molecule has 1 atom stereocenters. The van der Waals surface area contributed by atoms with Crippen LogP contribution in [0, 0.1) is 11.2 Å². The summed E-state index contributed by atoms with van der Waals surface area (Å²) in [6.07, 6.45) is 8.71. The van der Waals surface area contributed by atoms with Gasteiger partial charge in [0.2, 0.25) is 0 Å². The van der Waals surface area contributed by atoms with E-state index in [1.165, 1.54) is 24.4 Å². The van der Waals surface area contributed by atoms with Crippen LogP contribution in [0.5, 0.6) is 5.75 Å². The van der Waals surface area contributed by atoms with Gasteiger partial charge in [-0.05, 0) is 49.6 Å². The Morgan fingerprint density at radius 2 is 2.15 bits per heavy atom. The maximum Gasteiger partial charge on any atom is 0.166 e. The summed E-state index contributed by atoms with van der Waals surface area (Å²) in [5.41, 5.74) is 7.99. The second-order valence-corrected chi connectivity index (χ2v) is 6.74. The van der Waals surface area contributed by atoms with Crippen molar-refractivity contribution in [3.63, 3.8) is 0 Å². The van der Waals surface area contributed by atoms with Crippen LogP contribution in [0.3, 0.4) is 0 Å². The molecular formula is C21H25ClFN3O. The van der Waals surface area contributed by atoms with Gasteiger partial charge < -0.3 is 15.9 Å². The van der Waals surface area contributed by atoms with E-state index in [4.69, 9.17) is 27.5 Å². The molecule has 0 bridgehead atoms. The van der Waals surface area contributed by atoms with E-state index in [1.54, 1.807) is 19.2 Å². The van der Waals surface area contributed by atoms with Gasteiger partial charge in [0.15, 0.2) is 11.6 Å². The number of hydrogen-bond donors (Lipinski definition) is 2. The third-order valence-electron chi connectivity index (χ3n) is 4.24. The smallest absolute Gasteiger partial charge is 0.166 e. The van der Waals surface area contributed by atoms with E-state index in [1.807, 2.05) is 6.08 Å². The van der Waals surface area contributed by atoms with Crippen LogP contribution in [-0.4, -0.2) is 11.2 Å². The number of aromatic nitrogens is 1. The van der Waals surface area contributed by atoms with Crippen LogP contribution in [0.25, 0.3) is 5.57 Å². The summed E-state index contributed by atoms with van der Waals surface area (Å²) in [4.78, 5) is 4.18. The number of halogens is 2. The maximum absolute atomic E-state index is 13.5. The molecule has 2 aromatic rings. The van der Waals surface area contributed by atoms with Crippen molar-refractivity contribution >= 4 is 29.2 Å². The molecule has 1 aromatic carbocycles. The first-order chi connectivity index (χ1) is 13.0. The monoisotopic (exact) mass is 389 g/mol. The molecule has 144 valence electrons. The lowest BCUT2D eigenvalue weighted by atomic mass is 10.1. The van der Waals surface area contributed by atoms with Crippen molar-refractivity contribution in [2.75, 3.05) is 5.73 Å². The molecule has 0 aliphatic carbocycles. The number of rotatable bonds is 9. The Balaban J connectivity index is 2.23. The number of unbranched alkanes of at least 4 members (excludes halogenated alkanes) is 3. The first-order valence-electron chi connectivity index (χ1n) is 9.04. The largest absolute Gasteiger partial charge is 0.482 e. The molecule has 1 heterocycles. The third-order valence-corrected chi connectivity index (χ3v) is 4.59. The van der Waals surface area contributed by atoms with Crippen molar-refractivity contribution in [2.45, 2.75) is 45.6 Å². The summed E-state index contributed by atoms with van der Waals surface area (Å²) in [5.74, 6) is 0.223. The van der Waals surface area contributed by atoms with Gasteiger partial charge in [0.1, 0.15) is 11.9 Å². The van der Waals surface area contributed by atoms with Gasteiger partial charge in [0.05, 0.1) is 0 Å². The SMILES string of the molecule is CCCCC/C=C(\C=N)c1cnc(N)c(OC(C)c2cc(F)ccc2Cl)c1. The van der Waals surface area contributed by atoms with Crippen LogP contribution in [0.4, 0.5) is 10.2 Å². The summed E-state index contributed by atoms with van der Waals surface area (Å²) >= 11 is 6.15. The lowest BCUT2D eigenvalue weighted by molar-refractivity contribution is 0.227. The zero-order chi connectivity index (χ0) is 19.8. The fraction of sp³-hybridized carbons (Fsp3) is 0.333. The van der Waals surface area contributed by atoms with Gasteiger partial charge in [0, 0.05) is 28.6 Å². The molecule has 0 saturated heterocycles. The van der Waals surface area contributed by atoms with Crippen molar-refractivity contribution in [3.05, 3.63) is 58.5 Å². The Bertz CT molecular complexity index is 823. The predicted octanol–water partition coefficient (Wildman–Crippen LogP) is 6.21. The third kappa shape index (κ3) is 5.79. The zero-order valence-electron chi connectivity index (χ0n) is 15.6. The standard InChI is InChI=1S/C21H25ClFN3O/c1-3-4-5-6-7-15(12-24)16-10-20(21(25)26-13-16)27-14(2)18-11-17(23)8-9-19(18)22/h7-14,24H,3-6H2,1-2H3,(H2,25,26)/b15-7+,24-12?. The van der Waals surface area contributed by atoms with Gasteiger partial charge in [-0.15, -0.1) is 0 Å². The van der Waals surface area contributed by atoms with Crippen molar-refractivity contribution in [1.82, 2.24) is 4.98 Å². The highest BCUT2D eigenvalue weighted by Gasteiger charge is 2.15. The van der Waals surface area contributed by atoms with E-state index >= 15 is 0 Å². The number of allylic oxidation sites excluding steroid dienone is 2. The number of pyridine rings is 1. The van der Waals surface area contributed by atoms with E-state index in [0.717, 1.165) is 36.8 Å². The van der Waals surface area contributed by atoms with Gasteiger partial charge >= 0.3 is 0 Å². The highest BCUT2D eigenvalue weighted by atomic mass is 35.5. The minimum absolute atomic E-state index is 0.230. The molecule has 0 amide bonds. The molecule has 0 spiro atoms. The Morgan fingerprint density at radius 1 is 1.37 bits per heavy atom. The van der Waals surface area contributed by atoms with Crippen LogP contribution < -0.4 is 10.5 Å². The number of hydrogen-bond acceptors (Lipinski definition) is 4. The van der Waals surface area contributed by atoms with Gasteiger partial charge in [-0.3, -0.25) is 0 Å². The van der Waals surface area contributed by atoms with Crippen LogP contribution in [0.15, 0.2) is 36.5 Å². The van der Waals surface area contributed by atoms with Crippen molar-refractivity contribution < 1.29 is 9.13 Å². The molecule has 0 aliphatic heterocycles. The van der Waals surface area contributed by atoms with E-state index in [9.17, 15) is 4.39 Å². The molecule has 1 unspecified atom stereocenters. The first-order valence-corrected chi connectivity index (χ1v) is 9.42. The summed E-state index contributed by atoms with van der Waals surface area (Å²) in [6.45, 7) is 3.92. The molecule has 0 radical (unpaired) electrons. The molecule has 6 heteroatoms. The Kier molecular flexibility index (Phi) is 7.80. The number of nitrogens with one attached hydrogen (secondary N) is 1. The van der Waals surface area contributed by atoms with Gasteiger partial charge in [-0.25, -0.2) is 9.37 Å². The second kappa shape index (κ2) is 10.1. The second-order valence-electron chi connectivity index (χ2n) is 6.33. The number of ether oxygens (including phenoxy) is 1. The fourth-order valence-electron chi connectivity index (χ4n) is 2.70. The van der Waals surface area contributed by atoms with Crippen molar-refractivity contribution in [2.24, 2.45) is 0 Å². The van der Waals surface area contributed by atoms with Gasteiger partial charge in [-0.1, -0.05) is 37.4 Å². The van der Waals surface area contributed by atoms with Crippen LogP contribution in [0.2, 0.25) is 5.02 Å². The van der Waals surface area contributed by atoms with Gasteiger partial charge in [-0.2, -0.15) is 0 Å². The minimum atomic E-state index is -0.510. The molecule has 0 aliphatic rings. The lowest BCUT2D eigenvalue weighted by Crippen LogP contribution is -2.07. The van der Waals surface area contributed by atoms with Crippen LogP contribution in [-0.2, 0) is 0 Å². The van der Waals surface area contributed by atoms with Crippen molar-refractivity contribution in [1.29, 1.82) is 5.41 Å². The van der Waals surface area contributed by atoms with Gasteiger partial charge in [0.25, 0.3) is 0 Å². The average Bonchev–Trinajstić information content (AvgIpc) is 2.65. The Morgan fingerprint density at radius 3 is 2.85 bits per heavy atom. The number of nitrogens with two attached hydrogens (primary N) is 1. The predicted molar refractivity (Wildman–Crippen MR) is 110 cm³/mol. The highest BCUT2D eigenvalue weighted by molar-refractivity contribution is 6.31. The number of anilines is 1. The summed E-state index contributed by atoms with van der Waals surface area (Å²) in [7, 11) is 0. The average molecular weight is 390 g/mol. The molecule has 3 N–H and O–H groups in total. The quantitative estimate of drug-likeness (QED) is 0.395. The first kappa shape index (κ1) is 20.9. The van der Waals surface area contributed by atoms with E-state index in [-0.39, 0.29) is 11.6 Å². The number of nitrogens with zero attached hydrogens (tertiary/aromatic N) is 1. The van der Waals surface area contributed by atoms with Crippen LogP contribution in [0.1, 0.15) is 56.8 Å². The van der Waals surface area contributed by atoms with E-state index in [2.05, 4.69) is 11.9 Å². The molecule has 27 heavy (non-hydrogen) atoms. The number of nitrogen functional groups attached to an aromatic ring is 1. The van der Waals surface area contributed by atoms with E-state index < -0.39 is 6.10 Å². The lowest BCUT2D eigenvalue weighted by Gasteiger charge is -2.18. The number of benzene rings is 1. The summed E-state index contributed by atoms with van der Waals surface area (Å²) < 4.78 is 19.4. The highest BCUT2D eigenvalue weighted by Crippen LogP contribution is 2.31. The summed E-state index contributed by atoms with van der Waals surface area (Å²) in [6, 6.07) is 5.89. The molecule has 0 saturated carbocycles. The Hall–Kier alpha value is -2.40. The topological polar surface area (TPSA) is 72.0 Å². The molecule has 1 aromatic heterocycles. The molecular weight excluding hydrogens is 365 g/mol. The molecule has 2 rings (SSSR count). The van der Waals surface area contributed by atoms with Crippen LogP contribution >= 0.6 is 11.6 Å². The molecule has 0 fully saturated rings.